The molecule has 2 spiro atoms. The maximum absolute atomic E-state index is 13.3. The predicted octanol–water partition coefficient (Wildman–Crippen LogP) is 1.52. The molecule has 0 radical (unpaired) electrons. The molecule has 214 valence electrons. The molecule has 0 aromatic rings. The van der Waals surface area contributed by atoms with E-state index in [1.165, 1.54) is 12.2 Å². The maximum Gasteiger partial charge on any atom is 0.338 e. The zero-order chi connectivity index (χ0) is 27.8. The quantitative estimate of drug-likeness (QED) is 0.283. The highest BCUT2D eigenvalue weighted by atomic mass is 16.7. The first-order chi connectivity index (χ1) is 18.5. The van der Waals surface area contributed by atoms with Gasteiger partial charge in [-0.25, -0.2) is 9.59 Å². The van der Waals surface area contributed by atoms with Gasteiger partial charge in [0, 0.05) is 17.9 Å². The normalized spacial score (nSPS) is 51.7. The summed E-state index contributed by atoms with van der Waals surface area (Å²) >= 11 is 0. The Morgan fingerprint density at radius 1 is 1.10 bits per heavy atom. The largest absolute Gasteiger partial charge is 0.463 e. The lowest BCUT2D eigenvalue weighted by Gasteiger charge is -2.58. The van der Waals surface area contributed by atoms with Gasteiger partial charge in [-0.15, -0.1) is 0 Å². The minimum absolute atomic E-state index is 0.00446. The highest BCUT2D eigenvalue weighted by Crippen LogP contribution is 2.72. The van der Waals surface area contributed by atoms with Gasteiger partial charge in [-0.3, -0.25) is 0 Å². The summed E-state index contributed by atoms with van der Waals surface area (Å²) in [5.41, 5.74) is -2.12. The molecule has 2 bridgehead atoms. The molecule has 0 unspecified atom stereocenters. The van der Waals surface area contributed by atoms with E-state index in [9.17, 15) is 19.8 Å². The zero-order valence-electron chi connectivity index (χ0n) is 22.8. The van der Waals surface area contributed by atoms with Gasteiger partial charge in [0.1, 0.15) is 42.2 Å². The first kappa shape index (κ1) is 27.1. The second kappa shape index (κ2) is 9.22. The van der Waals surface area contributed by atoms with E-state index in [0.29, 0.717) is 19.4 Å². The summed E-state index contributed by atoms with van der Waals surface area (Å²) in [4.78, 5) is 26.3. The molecule has 0 amide bonds. The molecule has 6 aliphatic rings. The van der Waals surface area contributed by atoms with E-state index < -0.39 is 76.7 Å². The van der Waals surface area contributed by atoms with Crippen LogP contribution in [-0.2, 0) is 38.0 Å². The molecule has 0 aromatic heterocycles. The number of carbonyl (C=O) groups is 2. The van der Waals surface area contributed by atoms with Crippen LogP contribution in [0.1, 0.15) is 47.0 Å². The molecule has 4 fully saturated rings. The number of esters is 2. The van der Waals surface area contributed by atoms with Crippen molar-refractivity contribution in [3.63, 3.8) is 0 Å². The van der Waals surface area contributed by atoms with Crippen molar-refractivity contribution in [3.05, 3.63) is 36.0 Å². The third-order valence-electron chi connectivity index (χ3n) is 10.1. The number of carbonyl (C=O) groups excluding carboxylic acids is 2. The molecule has 1 saturated carbocycles. The number of aliphatic hydroxyl groups is 2. The van der Waals surface area contributed by atoms with Crippen LogP contribution < -0.4 is 0 Å². The molecule has 4 heterocycles. The van der Waals surface area contributed by atoms with E-state index in [0.717, 1.165) is 12.0 Å². The summed E-state index contributed by atoms with van der Waals surface area (Å²) < 4.78 is 36.1. The monoisotopic (exact) mass is 546 g/mol. The van der Waals surface area contributed by atoms with E-state index in [4.69, 9.17) is 28.4 Å². The van der Waals surface area contributed by atoms with E-state index in [2.05, 4.69) is 0 Å². The summed E-state index contributed by atoms with van der Waals surface area (Å²) in [7, 11) is 0. The van der Waals surface area contributed by atoms with Crippen molar-refractivity contribution in [3.8, 4) is 0 Å². The predicted molar refractivity (Wildman–Crippen MR) is 135 cm³/mol. The fraction of sp³-hybridized carbons (Fsp3) is 0.724. The highest BCUT2D eigenvalue weighted by Gasteiger charge is 2.85. The Kier molecular flexibility index (Phi) is 6.41. The average Bonchev–Trinajstić information content (AvgIpc) is 3.80. The van der Waals surface area contributed by atoms with E-state index in [-0.39, 0.29) is 13.2 Å². The fourth-order valence-electron chi connectivity index (χ4n) is 7.41. The number of ether oxygens (including phenoxy) is 6. The van der Waals surface area contributed by atoms with Crippen molar-refractivity contribution in [1.29, 1.82) is 0 Å². The van der Waals surface area contributed by atoms with Crippen LogP contribution in [0.5, 0.6) is 0 Å². The highest BCUT2D eigenvalue weighted by molar-refractivity contribution is 5.82. The number of rotatable bonds is 1. The van der Waals surface area contributed by atoms with Crippen LogP contribution in [-0.4, -0.2) is 95.9 Å². The molecule has 2 aliphatic carbocycles. The summed E-state index contributed by atoms with van der Waals surface area (Å²) in [5.74, 6) is -1.10. The van der Waals surface area contributed by atoms with E-state index in [1.807, 2.05) is 26.8 Å². The van der Waals surface area contributed by atoms with Crippen molar-refractivity contribution in [2.75, 3.05) is 19.8 Å². The third-order valence-corrected chi connectivity index (χ3v) is 10.1. The van der Waals surface area contributed by atoms with Crippen molar-refractivity contribution in [2.45, 2.75) is 101 Å². The average molecular weight is 547 g/mol. The Morgan fingerprint density at radius 2 is 1.87 bits per heavy atom. The van der Waals surface area contributed by atoms with E-state index >= 15 is 0 Å². The van der Waals surface area contributed by atoms with Crippen LogP contribution in [0.2, 0.25) is 0 Å². The van der Waals surface area contributed by atoms with Gasteiger partial charge < -0.3 is 38.6 Å². The van der Waals surface area contributed by atoms with Gasteiger partial charge in [-0.05, 0) is 33.6 Å². The topological polar surface area (TPSA) is 137 Å². The van der Waals surface area contributed by atoms with Gasteiger partial charge >= 0.3 is 11.9 Å². The van der Waals surface area contributed by atoms with Gasteiger partial charge in [-0.1, -0.05) is 36.8 Å². The number of epoxide rings is 2. The molecule has 10 heteroatoms. The van der Waals surface area contributed by atoms with Crippen LogP contribution in [0.3, 0.4) is 0 Å². The lowest BCUT2D eigenvalue weighted by Crippen LogP contribution is -2.66. The standard InChI is InChI=1S/C29H38O10/c1-16-9-10-28-14-35-25(33)24-26(3,39-24)11-12-34-18(17(2)30)7-5-6-8-20(31)38-22-21(32)23(37-19(28)13-16)29(15-36-29)27(22,28)4/h5-8,13,17-19,21-24,30,32H,9-12,14-15H2,1-4H3/b7-5+,8-6+/t17-,18+,19-,21+,22-,23+,24+,26+,27+,28-,29+/m0/s1. The lowest BCUT2D eigenvalue weighted by molar-refractivity contribution is -0.233. The van der Waals surface area contributed by atoms with Gasteiger partial charge in [0.2, 0.25) is 0 Å². The molecule has 39 heavy (non-hydrogen) atoms. The first-order valence-electron chi connectivity index (χ1n) is 13.8. The zero-order valence-corrected chi connectivity index (χ0v) is 22.8. The molecule has 6 rings (SSSR count). The van der Waals surface area contributed by atoms with Crippen molar-refractivity contribution in [2.24, 2.45) is 10.8 Å². The Morgan fingerprint density at radius 3 is 2.59 bits per heavy atom. The van der Waals surface area contributed by atoms with Crippen LogP contribution >= 0.6 is 0 Å². The van der Waals surface area contributed by atoms with Crippen LogP contribution in [0.4, 0.5) is 0 Å². The SMILES string of the molecule is CC1=C[C@@H]2O[C@@H]3[C@H](O)[C@@H]4OC(=O)/C=C/C=C/[C@H]([C@H](C)O)OCC[C@@]5(C)O[C@@H]5C(=O)OC[C@]2(CC1)[C@]4(C)[C@@]31CO1. The molecule has 4 aliphatic heterocycles. The molecule has 3 saturated heterocycles. The second-order valence-electron chi connectivity index (χ2n) is 12.4. The Bertz CT molecular complexity index is 1120. The van der Waals surface area contributed by atoms with Gasteiger partial charge in [0.15, 0.2) is 6.10 Å². The summed E-state index contributed by atoms with van der Waals surface area (Å²) in [5, 5.41) is 21.5. The number of allylic oxidation sites excluding steroid dienone is 3. The Labute approximate surface area is 227 Å². The van der Waals surface area contributed by atoms with Crippen LogP contribution in [0.15, 0.2) is 36.0 Å². The minimum Gasteiger partial charge on any atom is -0.463 e. The number of cyclic esters (lactones) is 1. The molecule has 11 atom stereocenters. The van der Waals surface area contributed by atoms with Crippen molar-refractivity contribution in [1.82, 2.24) is 0 Å². The van der Waals surface area contributed by atoms with Gasteiger partial charge in [0.25, 0.3) is 0 Å². The molecule has 10 nitrogen and oxygen atoms in total. The first-order valence-corrected chi connectivity index (χ1v) is 13.8. The minimum atomic E-state index is -1.12. The Hall–Kier alpha value is -2.08. The van der Waals surface area contributed by atoms with Crippen LogP contribution in [0, 0.1) is 10.8 Å². The Balaban J connectivity index is 1.38. The third kappa shape index (κ3) is 3.98. The number of hydrogen-bond acceptors (Lipinski definition) is 10. The summed E-state index contributed by atoms with van der Waals surface area (Å²) in [6.45, 7) is 8.08. The number of fused-ring (bicyclic) bond motifs is 1. The number of aliphatic hydroxyl groups excluding tert-OH is 2. The maximum atomic E-state index is 13.3. The fourth-order valence-corrected chi connectivity index (χ4v) is 7.41. The molecular formula is C29H38O10. The van der Waals surface area contributed by atoms with E-state index in [1.54, 1.807) is 19.1 Å². The summed E-state index contributed by atoms with van der Waals surface area (Å²) in [6, 6.07) is 0. The van der Waals surface area contributed by atoms with Gasteiger partial charge in [0.05, 0.1) is 30.8 Å². The second-order valence-corrected chi connectivity index (χ2v) is 12.4. The van der Waals surface area contributed by atoms with Crippen molar-refractivity contribution < 1.29 is 48.2 Å². The van der Waals surface area contributed by atoms with Gasteiger partial charge in [-0.2, -0.15) is 0 Å². The molecule has 0 aromatic carbocycles. The van der Waals surface area contributed by atoms with Crippen molar-refractivity contribution >= 4 is 11.9 Å². The van der Waals surface area contributed by atoms with Crippen LogP contribution in [0.25, 0.3) is 0 Å². The molecular weight excluding hydrogens is 508 g/mol. The number of hydrogen-bond donors (Lipinski definition) is 2. The summed E-state index contributed by atoms with van der Waals surface area (Å²) in [6.07, 6.45) is 4.54. The lowest BCUT2D eigenvalue weighted by atomic mass is 9.51. The smallest absolute Gasteiger partial charge is 0.338 e. The molecule has 2 N–H and O–H groups in total.